The van der Waals surface area contributed by atoms with Gasteiger partial charge in [0.15, 0.2) is 0 Å². The molecule has 2 rings (SSSR count). The molecule has 0 amide bonds. The van der Waals surface area contributed by atoms with Crippen molar-refractivity contribution < 1.29 is 5.11 Å². The molecule has 4 heteroatoms. The molecule has 0 saturated heterocycles. The summed E-state index contributed by atoms with van der Waals surface area (Å²) < 4.78 is 0.876. The van der Waals surface area contributed by atoms with Crippen LogP contribution in [0.1, 0.15) is 17.2 Å². The molecule has 94 valence electrons. The van der Waals surface area contributed by atoms with Crippen molar-refractivity contribution in [1.82, 2.24) is 0 Å². The molecule has 0 aliphatic rings. The first-order valence-electron chi connectivity index (χ1n) is 5.45. The lowest BCUT2D eigenvalue weighted by Crippen LogP contribution is -2.03. The van der Waals surface area contributed by atoms with Crippen LogP contribution in [-0.2, 0) is 6.42 Å². The van der Waals surface area contributed by atoms with Gasteiger partial charge in [0.05, 0.1) is 6.10 Å². The number of hydrogen-bond donors (Lipinski definition) is 1. The summed E-state index contributed by atoms with van der Waals surface area (Å²) in [7, 11) is 0. The molecule has 0 radical (unpaired) electrons. The average molecular weight is 346 g/mol. The summed E-state index contributed by atoms with van der Waals surface area (Å²) in [5, 5.41) is 11.4. The topological polar surface area (TPSA) is 20.2 Å². The number of aliphatic hydroxyl groups is 1. The van der Waals surface area contributed by atoms with E-state index in [2.05, 4.69) is 15.9 Å². The highest BCUT2D eigenvalue weighted by Crippen LogP contribution is 2.31. The maximum atomic E-state index is 10.3. The molecular weight excluding hydrogens is 335 g/mol. The fraction of sp³-hybridized carbons (Fsp3) is 0.143. The molecule has 1 unspecified atom stereocenters. The van der Waals surface area contributed by atoms with Gasteiger partial charge < -0.3 is 5.11 Å². The van der Waals surface area contributed by atoms with Crippen LogP contribution in [0.5, 0.6) is 0 Å². The molecule has 0 saturated carbocycles. The normalized spacial score (nSPS) is 12.4. The van der Waals surface area contributed by atoms with E-state index >= 15 is 0 Å². The second-order valence-electron chi connectivity index (χ2n) is 3.94. The summed E-state index contributed by atoms with van der Waals surface area (Å²) in [5.74, 6) is 0. The molecule has 2 aromatic carbocycles. The Bertz CT molecular complexity index is 537. The molecule has 0 bridgehead atoms. The fourth-order valence-electron chi connectivity index (χ4n) is 1.78. The van der Waals surface area contributed by atoms with Crippen molar-refractivity contribution in [3.63, 3.8) is 0 Å². The smallest absolute Gasteiger partial charge is 0.0842 e. The van der Waals surface area contributed by atoms with Crippen LogP contribution in [0.3, 0.4) is 0 Å². The zero-order chi connectivity index (χ0) is 13.1. The van der Waals surface area contributed by atoms with Gasteiger partial charge in [-0.3, -0.25) is 0 Å². The van der Waals surface area contributed by atoms with Crippen LogP contribution in [0.15, 0.2) is 46.9 Å². The lowest BCUT2D eigenvalue weighted by molar-refractivity contribution is 0.177. The molecule has 1 N–H and O–H groups in total. The minimum absolute atomic E-state index is 0.390. The van der Waals surface area contributed by atoms with E-state index in [0.717, 1.165) is 15.6 Å². The van der Waals surface area contributed by atoms with Crippen molar-refractivity contribution in [3.8, 4) is 0 Å². The highest BCUT2D eigenvalue weighted by molar-refractivity contribution is 9.10. The van der Waals surface area contributed by atoms with Crippen LogP contribution in [0, 0.1) is 0 Å². The second-order valence-corrected chi connectivity index (χ2v) is 5.61. The van der Waals surface area contributed by atoms with Crippen molar-refractivity contribution in [3.05, 3.63) is 68.1 Å². The number of halogens is 3. The summed E-state index contributed by atoms with van der Waals surface area (Å²) in [6, 6.07) is 12.9. The van der Waals surface area contributed by atoms with E-state index in [0.29, 0.717) is 16.5 Å². The molecule has 18 heavy (non-hydrogen) atoms. The third-order valence-electron chi connectivity index (χ3n) is 2.72. The Labute approximate surface area is 124 Å². The summed E-state index contributed by atoms with van der Waals surface area (Å²) >= 11 is 15.6. The summed E-state index contributed by atoms with van der Waals surface area (Å²) in [5.41, 5.74) is 1.59. The quantitative estimate of drug-likeness (QED) is 0.826. The predicted molar refractivity (Wildman–Crippen MR) is 79.3 cm³/mol. The van der Waals surface area contributed by atoms with Crippen LogP contribution in [0.4, 0.5) is 0 Å². The third kappa shape index (κ3) is 3.07. The number of aliphatic hydroxyl groups excluding tert-OH is 1. The zero-order valence-corrected chi connectivity index (χ0v) is 12.5. The van der Waals surface area contributed by atoms with Gasteiger partial charge in [0.1, 0.15) is 0 Å². The predicted octanol–water partition coefficient (Wildman–Crippen LogP) is 5.03. The Hall–Kier alpha value is -0.540. The standard InChI is InChI=1S/C14H11BrCl2O/c15-11-5-2-1-4-9(11)14(18)8-10-12(16)6-3-7-13(10)17/h1-7,14,18H,8H2. The Morgan fingerprint density at radius 1 is 1.00 bits per heavy atom. The average Bonchev–Trinajstić information content (AvgIpc) is 2.34. The first-order chi connectivity index (χ1) is 8.59. The van der Waals surface area contributed by atoms with Crippen molar-refractivity contribution in [2.45, 2.75) is 12.5 Å². The van der Waals surface area contributed by atoms with Crippen LogP contribution in [0.25, 0.3) is 0 Å². The van der Waals surface area contributed by atoms with E-state index in [9.17, 15) is 5.11 Å². The maximum absolute atomic E-state index is 10.3. The molecule has 1 nitrogen and oxygen atoms in total. The molecule has 0 heterocycles. The number of hydrogen-bond acceptors (Lipinski definition) is 1. The van der Waals surface area contributed by atoms with Gasteiger partial charge in [-0.25, -0.2) is 0 Å². The van der Waals surface area contributed by atoms with Crippen LogP contribution < -0.4 is 0 Å². The molecule has 0 spiro atoms. The Morgan fingerprint density at radius 2 is 1.61 bits per heavy atom. The van der Waals surface area contributed by atoms with E-state index in [1.165, 1.54) is 0 Å². The van der Waals surface area contributed by atoms with Crippen molar-refractivity contribution in [2.75, 3.05) is 0 Å². The minimum Gasteiger partial charge on any atom is -0.388 e. The van der Waals surface area contributed by atoms with Gasteiger partial charge in [0.2, 0.25) is 0 Å². The lowest BCUT2D eigenvalue weighted by Gasteiger charge is -2.14. The SMILES string of the molecule is OC(Cc1c(Cl)cccc1Cl)c1ccccc1Br. The Balaban J connectivity index is 2.27. The molecule has 2 aromatic rings. The monoisotopic (exact) mass is 344 g/mol. The Kier molecular flexibility index (Phi) is 4.68. The van der Waals surface area contributed by atoms with Gasteiger partial charge >= 0.3 is 0 Å². The molecule has 1 atom stereocenters. The number of benzene rings is 2. The van der Waals surface area contributed by atoms with Crippen molar-refractivity contribution in [1.29, 1.82) is 0 Å². The molecule has 0 aliphatic carbocycles. The van der Waals surface area contributed by atoms with E-state index in [-0.39, 0.29) is 0 Å². The van der Waals surface area contributed by atoms with Crippen molar-refractivity contribution in [2.24, 2.45) is 0 Å². The van der Waals surface area contributed by atoms with E-state index < -0.39 is 6.10 Å². The molecule has 0 fully saturated rings. The third-order valence-corrected chi connectivity index (χ3v) is 4.15. The maximum Gasteiger partial charge on any atom is 0.0842 e. The largest absolute Gasteiger partial charge is 0.388 e. The van der Waals surface area contributed by atoms with E-state index in [1.54, 1.807) is 18.2 Å². The van der Waals surface area contributed by atoms with E-state index in [4.69, 9.17) is 23.2 Å². The highest BCUT2D eigenvalue weighted by atomic mass is 79.9. The lowest BCUT2D eigenvalue weighted by atomic mass is 10.0. The summed E-state index contributed by atoms with van der Waals surface area (Å²) in [6.07, 6.45) is -0.251. The van der Waals surface area contributed by atoms with Gasteiger partial charge in [-0.05, 0) is 29.3 Å². The molecule has 0 aliphatic heterocycles. The zero-order valence-electron chi connectivity index (χ0n) is 9.41. The summed E-state index contributed by atoms with van der Waals surface area (Å²) in [4.78, 5) is 0. The first-order valence-corrected chi connectivity index (χ1v) is 7.00. The van der Waals surface area contributed by atoms with Gasteiger partial charge in [-0.2, -0.15) is 0 Å². The number of rotatable bonds is 3. The minimum atomic E-state index is -0.641. The van der Waals surface area contributed by atoms with Gasteiger partial charge in [0.25, 0.3) is 0 Å². The highest BCUT2D eigenvalue weighted by Gasteiger charge is 2.15. The van der Waals surface area contributed by atoms with Gasteiger partial charge in [0, 0.05) is 20.9 Å². The first kappa shape index (κ1) is 13.9. The Morgan fingerprint density at radius 3 is 2.22 bits per heavy atom. The van der Waals surface area contributed by atoms with Crippen molar-refractivity contribution >= 4 is 39.1 Å². The summed E-state index contributed by atoms with van der Waals surface area (Å²) in [6.45, 7) is 0. The van der Waals surface area contributed by atoms with Crippen LogP contribution >= 0.6 is 39.1 Å². The molecule has 0 aromatic heterocycles. The second kappa shape index (κ2) is 6.07. The van der Waals surface area contributed by atoms with E-state index in [1.807, 2.05) is 24.3 Å². The fourth-order valence-corrected chi connectivity index (χ4v) is 2.88. The van der Waals surface area contributed by atoms with Gasteiger partial charge in [-0.15, -0.1) is 0 Å². The van der Waals surface area contributed by atoms with Crippen LogP contribution in [0.2, 0.25) is 10.0 Å². The van der Waals surface area contributed by atoms with Gasteiger partial charge in [-0.1, -0.05) is 63.4 Å². The van der Waals surface area contributed by atoms with Crippen LogP contribution in [-0.4, -0.2) is 5.11 Å². The molecular formula is C14H11BrCl2O.